The van der Waals surface area contributed by atoms with Crippen LogP contribution in [0.3, 0.4) is 0 Å². The molecule has 3 aromatic rings. The van der Waals surface area contributed by atoms with E-state index in [0.29, 0.717) is 18.7 Å². The standard InChI is InChI=1S/C19H15N3O2/c23-19(14-6-7-15-11-20-21-12-16(15)9-14)22-17-4-1-3-13(10-17)18-5-2-8-24-18/h1-10H,11-12H2,(H,22,23). The molecule has 0 radical (unpaired) electrons. The van der Waals surface area contributed by atoms with Crippen LogP contribution < -0.4 is 5.32 Å². The summed E-state index contributed by atoms with van der Waals surface area (Å²) in [5.41, 5.74) is 4.45. The predicted molar refractivity (Wildman–Crippen MR) is 90.8 cm³/mol. The number of nitrogens with zero attached hydrogens (tertiary/aromatic N) is 2. The van der Waals surface area contributed by atoms with Gasteiger partial charge in [0.2, 0.25) is 0 Å². The Kier molecular flexibility index (Phi) is 3.67. The fraction of sp³-hybridized carbons (Fsp3) is 0.105. The minimum atomic E-state index is -0.142. The van der Waals surface area contributed by atoms with Crippen LogP contribution in [0.4, 0.5) is 5.69 Å². The maximum Gasteiger partial charge on any atom is 0.255 e. The van der Waals surface area contributed by atoms with E-state index in [1.54, 1.807) is 6.26 Å². The van der Waals surface area contributed by atoms with E-state index >= 15 is 0 Å². The number of furan rings is 1. The average Bonchev–Trinajstić information content (AvgIpc) is 3.16. The molecule has 1 amide bonds. The van der Waals surface area contributed by atoms with Crippen LogP contribution in [0, 0.1) is 0 Å². The highest BCUT2D eigenvalue weighted by atomic mass is 16.3. The van der Waals surface area contributed by atoms with Gasteiger partial charge in [0.05, 0.1) is 19.4 Å². The zero-order valence-corrected chi connectivity index (χ0v) is 12.9. The molecule has 1 aromatic heterocycles. The van der Waals surface area contributed by atoms with Crippen molar-refractivity contribution >= 4 is 11.6 Å². The second-order valence-corrected chi connectivity index (χ2v) is 5.59. The molecule has 0 fully saturated rings. The lowest BCUT2D eigenvalue weighted by Gasteiger charge is -2.12. The summed E-state index contributed by atoms with van der Waals surface area (Å²) >= 11 is 0. The summed E-state index contributed by atoms with van der Waals surface area (Å²) in [5.74, 6) is 0.627. The van der Waals surface area contributed by atoms with Crippen LogP contribution in [0.25, 0.3) is 11.3 Å². The SMILES string of the molecule is O=C(Nc1cccc(-c2ccco2)c1)c1ccc2c(c1)CN=NC2. The summed E-state index contributed by atoms with van der Waals surface area (Å²) in [6, 6.07) is 17.0. The van der Waals surface area contributed by atoms with Crippen molar-refractivity contribution in [2.75, 3.05) is 5.32 Å². The molecule has 118 valence electrons. The third-order valence-electron chi connectivity index (χ3n) is 3.98. The average molecular weight is 317 g/mol. The molecule has 0 aliphatic carbocycles. The molecule has 1 aliphatic heterocycles. The first-order valence-corrected chi connectivity index (χ1v) is 7.70. The van der Waals surface area contributed by atoms with Gasteiger partial charge < -0.3 is 9.73 Å². The van der Waals surface area contributed by atoms with E-state index in [1.807, 2.05) is 54.6 Å². The van der Waals surface area contributed by atoms with Gasteiger partial charge in [0, 0.05) is 16.8 Å². The molecular weight excluding hydrogens is 302 g/mol. The van der Waals surface area contributed by atoms with Crippen LogP contribution in [0.2, 0.25) is 0 Å². The maximum atomic E-state index is 12.5. The first kappa shape index (κ1) is 14.4. The van der Waals surface area contributed by atoms with Crippen molar-refractivity contribution in [3.63, 3.8) is 0 Å². The molecule has 0 spiro atoms. The number of carbonyl (C=O) groups excluding carboxylic acids is 1. The minimum Gasteiger partial charge on any atom is -0.464 e. The number of benzene rings is 2. The maximum absolute atomic E-state index is 12.5. The van der Waals surface area contributed by atoms with Crippen LogP contribution in [0.5, 0.6) is 0 Å². The molecule has 4 rings (SSSR count). The monoisotopic (exact) mass is 317 g/mol. The van der Waals surface area contributed by atoms with Gasteiger partial charge in [-0.1, -0.05) is 18.2 Å². The summed E-state index contributed by atoms with van der Waals surface area (Å²) in [7, 11) is 0. The Bertz CT molecular complexity index is 914. The highest BCUT2D eigenvalue weighted by Crippen LogP contribution is 2.24. The first-order valence-electron chi connectivity index (χ1n) is 7.70. The fourth-order valence-electron chi connectivity index (χ4n) is 2.72. The molecule has 2 aromatic carbocycles. The largest absolute Gasteiger partial charge is 0.464 e. The molecule has 1 aliphatic rings. The van der Waals surface area contributed by atoms with Crippen molar-refractivity contribution in [2.45, 2.75) is 13.1 Å². The number of fused-ring (bicyclic) bond motifs is 1. The quantitative estimate of drug-likeness (QED) is 0.763. The van der Waals surface area contributed by atoms with Crippen molar-refractivity contribution in [1.29, 1.82) is 0 Å². The van der Waals surface area contributed by atoms with E-state index in [2.05, 4.69) is 15.5 Å². The second-order valence-electron chi connectivity index (χ2n) is 5.59. The van der Waals surface area contributed by atoms with Crippen molar-refractivity contribution in [3.8, 4) is 11.3 Å². The van der Waals surface area contributed by atoms with Gasteiger partial charge in [-0.15, -0.1) is 0 Å². The van der Waals surface area contributed by atoms with Crippen LogP contribution in [-0.4, -0.2) is 5.91 Å². The third kappa shape index (κ3) is 2.84. The van der Waals surface area contributed by atoms with Crippen molar-refractivity contribution < 1.29 is 9.21 Å². The lowest BCUT2D eigenvalue weighted by atomic mass is 10.0. The van der Waals surface area contributed by atoms with Crippen molar-refractivity contribution in [3.05, 3.63) is 77.6 Å². The highest BCUT2D eigenvalue weighted by Gasteiger charge is 2.12. The number of hydrogen-bond donors (Lipinski definition) is 1. The van der Waals surface area contributed by atoms with Crippen LogP contribution in [0.15, 0.2) is 75.5 Å². The molecule has 0 saturated carbocycles. The lowest BCUT2D eigenvalue weighted by Crippen LogP contribution is -2.13. The Labute approximate surface area is 139 Å². The number of amides is 1. The van der Waals surface area contributed by atoms with Gasteiger partial charge in [0.25, 0.3) is 5.91 Å². The summed E-state index contributed by atoms with van der Waals surface area (Å²) in [6.45, 7) is 1.12. The molecule has 1 N–H and O–H groups in total. The Morgan fingerprint density at radius 1 is 0.958 bits per heavy atom. The topological polar surface area (TPSA) is 67.0 Å². The highest BCUT2D eigenvalue weighted by molar-refractivity contribution is 6.04. The summed E-state index contributed by atoms with van der Waals surface area (Å²) in [5, 5.41) is 11.0. The van der Waals surface area contributed by atoms with Gasteiger partial charge in [-0.2, -0.15) is 10.2 Å². The number of carbonyl (C=O) groups is 1. The minimum absolute atomic E-state index is 0.142. The van der Waals surface area contributed by atoms with E-state index in [9.17, 15) is 4.79 Å². The molecule has 24 heavy (non-hydrogen) atoms. The molecule has 2 heterocycles. The third-order valence-corrected chi connectivity index (χ3v) is 3.98. The molecule has 0 bridgehead atoms. The molecule has 0 atom stereocenters. The number of azo groups is 1. The number of nitrogens with one attached hydrogen (secondary N) is 1. The van der Waals surface area contributed by atoms with E-state index < -0.39 is 0 Å². The van der Waals surface area contributed by atoms with Gasteiger partial charge in [0.15, 0.2) is 0 Å². The zero-order valence-electron chi connectivity index (χ0n) is 12.9. The summed E-state index contributed by atoms with van der Waals surface area (Å²) in [6.07, 6.45) is 1.63. The molecule has 0 saturated heterocycles. The Morgan fingerprint density at radius 3 is 2.67 bits per heavy atom. The van der Waals surface area contributed by atoms with E-state index in [1.165, 1.54) is 0 Å². The van der Waals surface area contributed by atoms with Gasteiger partial charge in [-0.25, -0.2) is 0 Å². The van der Waals surface area contributed by atoms with Crippen LogP contribution >= 0.6 is 0 Å². The van der Waals surface area contributed by atoms with Gasteiger partial charge >= 0.3 is 0 Å². The van der Waals surface area contributed by atoms with Gasteiger partial charge in [-0.05, 0) is 47.5 Å². The predicted octanol–water partition coefficient (Wildman–Crippen LogP) is 4.66. The summed E-state index contributed by atoms with van der Waals surface area (Å²) < 4.78 is 5.39. The molecule has 5 nitrogen and oxygen atoms in total. The smallest absolute Gasteiger partial charge is 0.255 e. The van der Waals surface area contributed by atoms with Crippen molar-refractivity contribution in [2.24, 2.45) is 10.2 Å². The van der Waals surface area contributed by atoms with E-state index in [0.717, 1.165) is 28.1 Å². The molecule has 5 heteroatoms. The second kappa shape index (κ2) is 6.12. The van der Waals surface area contributed by atoms with Crippen LogP contribution in [0.1, 0.15) is 21.5 Å². The summed E-state index contributed by atoms with van der Waals surface area (Å²) in [4.78, 5) is 12.5. The van der Waals surface area contributed by atoms with E-state index in [4.69, 9.17) is 4.42 Å². The van der Waals surface area contributed by atoms with E-state index in [-0.39, 0.29) is 5.91 Å². The fourth-order valence-corrected chi connectivity index (χ4v) is 2.72. The zero-order chi connectivity index (χ0) is 16.4. The number of rotatable bonds is 3. The molecular formula is C19H15N3O2. The van der Waals surface area contributed by atoms with Gasteiger partial charge in [0.1, 0.15) is 5.76 Å². The van der Waals surface area contributed by atoms with Gasteiger partial charge in [-0.3, -0.25) is 4.79 Å². The number of anilines is 1. The normalized spacial score (nSPS) is 12.7. The van der Waals surface area contributed by atoms with Crippen LogP contribution in [-0.2, 0) is 13.1 Å². The molecule has 0 unspecified atom stereocenters. The Morgan fingerprint density at radius 2 is 1.83 bits per heavy atom. The number of hydrogen-bond acceptors (Lipinski definition) is 4. The lowest BCUT2D eigenvalue weighted by molar-refractivity contribution is 0.102. The first-order chi connectivity index (χ1) is 11.8. The van der Waals surface area contributed by atoms with Crippen molar-refractivity contribution in [1.82, 2.24) is 0 Å². The Hall–Kier alpha value is -3.21. The Balaban J connectivity index is 1.55.